The second-order valence-electron chi connectivity index (χ2n) is 11.0. The summed E-state index contributed by atoms with van der Waals surface area (Å²) in [6.45, 7) is 6.01. The molecule has 0 aromatic heterocycles. The largest absolute Gasteiger partial charge is 0.354 e. The van der Waals surface area contributed by atoms with Gasteiger partial charge in [0.1, 0.15) is 12.6 Å². The number of carbonyl (C=O) groups is 2. The van der Waals surface area contributed by atoms with Gasteiger partial charge in [0.25, 0.3) is 10.0 Å². The van der Waals surface area contributed by atoms with E-state index in [9.17, 15) is 18.0 Å². The van der Waals surface area contributed by atoms with Gasteiger partial charge in [-0.05, 0) is 48.2 Å². The molecule has 2 amide bonds. The lowest BCUT2D eigenvalue weighted by Gasteiger charge is -2.34. The molecule has 0 saturated heterocycles. The van der Waals surface area contributed by atoms with E-state index in [4.69, 9.17) is 0 Å². The van der Waals surface area contributed by atoms with Gasteiger partial charge in [-0.3, -0.25) is 13.9 Å². The van der Waals surface area contributed by atoms with Gasteiger partial charge in [0.05, 0.1) is 10.6 Å². The van der Waals surface area contributed by atoms with Crippen LogP contribution in [0.4, 0.5) is 5.69 Å². The number of sulfonamides is 1. The Balaban J connectivity index is 1.76. The third-order valence-corrected chi connectivity index (χ3v) is 8.87. The minimum Gasteiger partial charge on any atom is -0.354 e. The van der Waals surface area contributed by atoms with Crippen LogP contribution in [-0.2, 0) is 32.6 Å². The molecule has 0 aliphatic heterocycles. The Hall–Kier alpha value is -4.43. The lowest BCUT2D eigenvalue weighted by Crippen LogP contribution is -2.53. The maximum absolute atomic E-state index is 14.4. The van der Waals surface area contributed by atoms with E-state index in [1.807, 2.05) is 81.4 Å². The summed E-state index contributed by atoms with van der Waals surface area (Å²) in [5.74, 6) is -0.550. The van der Waals surface area contributed by atoms with Crippen molar-refractivity contribution in [2.24, 2.45) is 5.92 Å². The second kappa shape index (κ2) is 14.6. The molecule has 224 valence electrons. The predicted molar refractivity (Wildman–Crippen MR) is 171 cm³/mol. The van der Waals surface area contributed by atoms with Crippen molar-refractivity contribution in [3.05, 3.63) is 132 Å². The highest BCUT2D eigenvalue weighted by Gasteiger charge is 2.34. The molecule has 0 aliphatic carbocycles. The number of anilines is 1. The van der Waals surface area contributed by atoms with Crippen LogP contribution in [0.25, 0.3) is 0 Å². The molecule has 0 radical (unpaired) electrons. The van der Waals surface area contributed by atoms with E-state index < -0.39 is 28.5 Å². The van der Waals surface area contributed by atoms with Crippen molar-refractivity contribution in [2.75, 3.05) is 17.4 Å². The maximum atomic E-state index is 14.4. The molecule has 0 fully saturated rings. The van der Waals surface area contributed by atoms with E-state index in [1.54, 1.807) is 54.6 Å². The molecule has 0 unspecified atom stereocenters. The number of hydrogen-bond acceptors (Lipinski definition) is 4. The van der Waals surface area contributed by atoms with Gasteiger partial charge in [-0.25, -0.2) is 8.42 Å². The zero-order valence-electron chi connectivity index (χ0n) is 24.9. The normalized spacial score (nSPS) is 12.0. The lowest BCUT2D eigenvalue weighted by atomic mass is 10.0. The molecule has 0 bridgehead atoms. The first kappa shape index (κ1) is 31.5. The predicted octanol–water partition coefficient (Wildman–Crippen LogP) is 5.60. The van der Waals surface area contributed by atoms with Crippen molar-refractivity contribution in [1.29, 1.82) is 0 Å². The molecule has 8 heteroatoms. The molecular weight excluding hydrogens is 558 g/mol. The molecule has 4 aromatic carbocycles. The SMILES string of the molecule is Cc1ccc(S(=O)(=O)N(CC(=O)N(Cc2ccccc2)[C@H](Cc2ccccc2)C(=O)NCC(C)C)c2ccccc2)cc1. The fourth-order valence-corrected chi connectivity index (χ4v) is 6.13. The Morgan fingerprint density at radius 1 is 0.744 bits per heavy atom. The Bertz CT molecular complexity index is 1580. The summed E-state index contributed by atoms with van der Waals surface area (Å²) in [4.78, 5) is 29.7. The van der Waals surface area contributed by atoms with Crippen LogP contribution in [0.3, 0.4) is 0 Å². The molecule has 4 rings (SSSR count). The van der Waals surface area contributed by atoms with Crippen molar-refractivity contribution in [3.8, 4) is 0 Å². The van der Waals surface area contributed by atoms with E-state index in [-0.39, 0.29) is 29.7 Å². The van der Waals surface area contributed by atoms with Gasteiger partial charge in [0, 0.05) is 19.5 Å². The van der Waals surface area contributed by atoms with Gasteiger partial charge >= 0.3 is 0 Å². The second-order valence-corrected chi connectivity index (χ2v) is 12.9. The van der Waals surface area contributed by atoms with Crippen molar-refractivity contribution in [3.63, 3.8) is 0 Å². The fourth-order valence-electron chi connectivity index (χ4n) is 4.72. The van der Waals surface area contributed by atoms with Crippen LogP contribution in [0.5, 0.6) is 0 Å². The summed E-state index contributed by atoms with van der Waals surface area (Å²) in [5.41, 5.74) is 3.01. The number of para-hydroxylation sites is 1. The first-order chi connectivity index (χ1) is 20.6. The van der Waals surface area contributed by atoms with Crippen LogP contribution in [0.15, 0.2) is 120 Å². The smallest absolute Gasteiger partial charge is 0.264 e. The number of hydrogen-bond donors (Lipinski definition) is 1. The van der Waals surface area contributed by atoms with Crippen LogP contribution >= 0.6 is 0 Å². The zero-order chi connectivity index (χ0) is 30.8. The van der Waals surface area contributed by atoms with Crippen molar-refractivity contribution in [1.82, 2.24) is 10.2 Å². The molecule has 4 aromatic rings. The summed E-state index contributed by atoms with van der Waals surface area (Å²) in [6, 6.07) is 33.2. The summed E-state index contributed by atoms with van der Waals surface area (Å²) < 4.78 is 29.1. The maximum Gasteiger partial charge on any atom is 0.264 e. The molecule has 0 aliphatic rings. The van der Waals surface area contributed by atoms with Crippen LogP contribution in [0, 0.1) is 12.8 Å². The Morgan fingerprint density at radius 2 is 1.28 bits per heavy atom. The molecule has 1 N–H and O–H groups in total. The Labute approximate surface area is 255 Å². The average molecular weight is 598 g/mol. The quantitative estimate of drug-likeness (QED) is 0.217. The van der Waals surface area contributed by atoms with E-state index in [2.05, 4.69) is 5.32 Å². The first-order valence-corrected chi connectivity index (χ1v) is 15.9. The molecule has 0 saturated carbocycles. The van der Waals surface area contributed by atoms with Gasteiger partial charge in [-0.1, -0.05) is 110 Å². The average Bonchev–Trinajstić information content (AvgIpc) is 3.01. The molecule has 1 atom stereocenters. The van der Waals surface area contributed by atoms with E-state index in [1.165, 1.54) is 4.90 Å². The minimum atomic E-state index is -4.11. The Morgan fingerprint density at radius 3 is 1.84 bits per heavy atom. The summed E-state index contributed by atoms with van der Waals surface area (Å²) in [7, 11) is -4.11. The number of aryl methyl sites for hydroxylation is 1. The van der Waals surface area contributed by atoms with Crippen molar-refractivity contribution < 1.29 is 18.0 Å². The van der Waals surface area contributed by atoms with Crippen LogP contribution in [-0.4, -0.2) is 44.3 Å². The lowest BCUT2D eigenvalue weighted by molar-refractivity contribution is -0.140. The van der Waals surface area contributed by atoms with Crippen LogP contribution in [0.1, 0.15) is 30.5 Å². The standard InChI is InChI=1S/C35H39N3O4S/c1-27(2)24-36-35(40)33(23-29-13-7-4-8-14-29)37(25-30-15-9-5-10-16-30)34(39)26-38(31-17-11-6-12-18-31)43(41,42)32-21-19-28(3)20-22-32/h4-22,27,33H,23-26H2,1-3H3,(H,36,40)/t33-/m1/s1. The number of amides is 2. The van der Waals surface area contributed by atoms with Crippen molar-refractivity contribution >= 4 is 27.5 Å². The van der Waals surface area contributed by atoms with Gasteiger partial charge in [-0.2, -0.15) is 0 Å². The number of benzene rings is 4. The number of nitrogens with zero attached hydrogens (tertiary/aromatic N) is 2. The summed E-state index contributed by atoms with van der Waals surface area (Å²) in [6.07, 6.45) is 0.277. The number of carbonyl (C=O) groups excluding carboxylic acids is 2. The molecule has 43 heavy (non-hydrogen) atoms. The highest BCUT2D eigenvalue weighted by molar-refractivity contribution is 7.92. The molecular formula is C35H39N3O4S. The number of nitrogens with one attached hydrogen (secondary N) is 1. The van der Waals surface area contributed by atoms with Crippen LogP contribution in [0.2, 0.25) is 0 Å². The molecule has 0 heterocycles. The first-order valence-electron chi connectivity index (χ1n) is 14.4. The summed E-state index contributed by atoms with van der Waals surface area (Å²) in [5, 5.41) is 3.01. The van der Waals surface area contributed by atoms with E-state index in [0.717, 1.165) is 21.0 Å². The van der Waals surface area contributed by atoms with Gasteiger partial charge in [-0.15, -0.1) is 0 Å². The molecule has 0 spiro atoms. The molecule has 7 nitrogen and oxygen atoms in total. The van der Waals surface area contributed by atoms with Crippen molar-refractivity contribution in [2.45, 2.75) is 44.7 Å². The zero-order valence-corrected chi connectivity index (χ0v) is 25.7. The third-order valence-electron chi connectivity index (χ3n) is 7.08. The highest BCUT2D eigenvalue weighted by Crippen LogP contribution is 2.25. The topological polar surface area (TPSA) is 86.8 Å². The monoisotopic (exact) mass is 597 g/mol. The van der Waals surface area contributed by atoms with Crippen LogP contribution < -0.4 is 9.62 Å². The fraction of sp³-hybridized carbons (Fsp3) is 0.257. The summed E-state index contributed by atoms with van der Waals surface area (Å²) >= 11 is 0. The number of rotatable bonds is 13. The third kappa shape index (κ3) is 8.55. The van der Waals surface area contributed by atoms with E-state index in [0.29, 0.717) is 12.2 Å². The van der Waals surface area contributed by atoms with Gasteiger partial charge < -0.3 is 10.2 Å². The van der Waals surface area contributed by atoms with Gasteiger partial charge in [0.2, 0.25) is 11.8 Å². The highest BCUT2D eigenvalue weighted by atomic mass is 32.2. The Kier molecular flexibility index (Phi) is 10.7. The van der Waals surface area contributed by atoms with Gasteiger partial charge in [0.15, 0.2) is 0 Å². The van der Waals surface area contributed by atoms with E-state index >= 15 is 0 Å². The minimum absolute atomic E-state index is 0.0832.